The Hall–Kier alpha value is -3.27. The molecule has 0 spiro atoms. The van der Waals surface area contributed by atoms with Crippen LogP contribution in [0.3, 0.4) is 0 Å². The number of nitrogens with two attached hydrogens (primary N) is 1. The van der Waals surface area contributed by atoms with Crippen LogP contribution in [-0.4, -0.2) is 48.5 Å². The molecule has 3 amide bonds. The SMILES string of the molecule is C=C(CCNC)/C(C)=C/C(Cl)=C\C.CC.NCCC(=O)Nc1cc(CNC(=O)N2CCc3c([nH]c4ccc(Cl)cc34)C2)ccc1Cl. The van der Waals surface area contributed by atoms with Crippen LogP contribution in [0.4, 0.5) is 10.5 Å². The molecule has 2 heterocycles. The van der Waals surface area contributed by atoms with Gasteiger partial charge in [-0.3, -0.25) is 4.79 Å². The van der Waals surface area contributed by atoms with E-state index < -0.39 is 0 Å². The summed E-state index contributed by atoms with van der Waals surface area (Å²) < 4.78 is 0. The zero-order valence-corrected chi connectivity index (χ0v) is 29.7. The van der Waals surface area contributed by atoms with Crippen molar-refractivity contribution in [2.45, 2.75) is 60.0 Å². The van der Waals surface area contributed by atoms with E-state index in [-0.39, 0.29) is 24.9 Å². The highest BCUT2D eigenvalue weighted by Gasteiger charge is 2.24. The fourth-order valence-corrected chi connectivity index (χ4v) is 5.16. The van der Waals surface area contributed by atoms with Crippen molar-refractivity contribution >= 4 is 63.3 Å². The van der Waals surface area contributed by atoms with E-state index in [9.17, 15) is 9.59 Å². The van der Waals surface area contributed by atoms with Crippen molar-refractivity contribution in [2.24, 2.45) is 5.73 Å². The van der Waals surface area contributed by atoms with E-state index >= 15 is 0 Å². The Bertz CT molecular complexity index is 1550. The van der Waals surface area contributed by atoms with Gasteiger partial charge >= 0.3 is 6.03 Å². The van der Waals surface area contributed by atoms with Gasteiger partial charge in [0, 0.05) is 52.7 Å². The van der Waals surface area contributed by atoms with Gasteiger partial charge in [0.1, 0.15) is 0 Å². The highest BCUT2D eigenvalue weighted by Crippen LogP contribution is 2.30. The van der Waals surface area contributed by atoms with Gasteiger partial charge in [-0.25, -0.2) is 4.79 Å². The fourth-order valence-electron chi connectivity index (χ4n) is 4.66. The number of aromatic nitrogens is 1. The molecule has 0 fully saturated rings. The molecule has 0 atom stereocenters. The highest BCUT2D eigenvalue weighted by atomic mass is 35.5. The van der Waals surface area contributed by atoms with Crippen LogP contribution in [0.25, 0.3) is 10.9 Å². The summed E-state index contributed by atoms with van der Waals surface area (Å²) in [6.45, 7) is 14.6. The standard InChI is InChI=1S/C22H23Cl2N5O2.C11H18ClN.C2H6/c23-14-2-4-18-16(10-14)15-6-8-29(12-20(15)27-18)22(31)26-11-13-1-3-17(24)19(9-13)28-21(30)5-7-25;1-5-11(12)8-10(3)9(2)6-7-13-4;1-2/h1-4,9-10,27H,5-8,11-12,25H2,(H,26,31)(H,28,30);5,8,13H,2,6-7H2,1,3-4H3;1-2H3/b;10-8+,11-5+;. The molecule has 3 aromatic rings. The maximum Gasteiger partial charge on any atom is 0.318 e. The van der Waals surface area contributed by atoms with Crippen LogP contribution in [0.15, 0.2) is 71.3 Å². The largest absolute Gasteiger partial charge is 0.357 e. The maximum absolute atomic E-state index is 12.7. The van der Waals surface area contributed by atoms with Gasteiger partial charge in [-0.15, -0.1) is 0 Å². The first kappa shape index (κ1) is 38.9. The van der Waals surface area contributed by atoms with Crippen LogP contribution in [0, 0.1) is 0 Å². The minimum absolute atomic E-state index is 0.147. The van der Waals surface area contributed by atoms with Crippen molar-refractivity contribution in [3.05, 3.63) is 98.2 Å². The topological polar surface area (TPSA) is 115 Å². The first-order valence-corrected chi connectivity index (χ1v) is 16.6. The van der Waals surface area contributed by atoms with Crippen molar-refractivity contribution in [2.75, 3.05) is 32.0 Å². The molecular formula is C35H47Cl3N6O2. The number of halogens is 3. The summed E-state index contributed by atoms with van der Waals surface area (Å²) in [7, 11) is 1.94. The number of H-pyrrole nitrogens is 1. The Morgan fingerprint density at radius 2 is 1.87 bits per heavy atom. The molecule has 0 saturated heterocycles. The van der Waals surface area contributed by atoms with Crippen LogP contribution < -0.4 is 21.7 Å². The maximum atomic E-state index is 12.7. The Morgan fingerprint density at radius 3 is 2.54 bits per heavy atom. The number of allylic oxidation sites excluding steroid dienone is 4. The quantitative estimate of drug-likeness (QED) is 0.138. The van der Waals surface area contributed by atoms with E-state index in [4.69, 9.17) is 40.5 Å². The Balaban J connectivity index is 0.000000416. The second kappa shape index (κ2) is 20.1. The van der Waals surface area contributed by atoms with Gasteiger partial charge in [0.2, 0.25) is 5.91 Å². The molecule has 0 unspecified atom stereocenters. The number of nitrogens with zero attached hydrogens (tertiary/aromatic N) is 1. The first-order chi connectivity index (χ1) is 22.1. The van der Waals surface area contributed by atoms with Gasteiger partial charge < -0.3 is 31.6 Å². The third-order valence-electron chi connectivity index (χ3n) is 7.21. The van der Waals surface area contributed by atoms with Crippen molar-refractivity contribution in [1.82, 2.24) is 20.5 Å². The predicted molar refractivity (Wildman–Crippen MR) is 196 cm³/mol. The number of carbonyl (C=O) groups is 2. The molecule has 0 radical (unpaired) electrons. The van der Waals surface area contributed by atoms with Gasteiger partial charge in [-0.1, -0.05) is 72.9 Å². The lowest BCUT2D eigenvalue weighted by Gasteiger charge is -2.27. The molecule has 46 heavy (non-hydrogen) atoms. The average molecular weight is 690 g/mol. The summed E-state index contributed by atoms with van der Waals surface area (Å²) in [5.74, 6) is -0.200. The van der Waals surface area contributed by atoms with E-state index in [0.717, 1.165) is 57.7 Å². The number of hydrogen-bond acceptors (Lipinski definition) is 4. The lowest BCUT2D eigenvalue weighted by atomic mass is 10.0. The molecule has 0 saturated carbocycles. The molecule has 0 bridgehead atoms. The van der Waals surface area contributed by atoms with Gasteiger partial charge in [-0.2, -0.15) is 0 Å². The Labute approximate surface area is 288 Å². The van der Waals surface area contributed by atoms with Crippen molar-refractivity contribution < 1.29 is 9.59 Å². The van der Waals surface area contributed by atoms with Crippen molar-refractivity contribution in [3.63, 3.8) is 0 Å². The van der Waals surface area contributed by atoms with Crippen LogP contribution in [-0.2, 0) is 24.3 Å². The number of urea groups is 1. The average Bonchev–Trinajstić information content (AvgIpc) is 3.42. The van der Waals surface area contributed by atoms with Crippen molar-refractivity contribution in [1.29, 1.82) is 0 Å². The van der Waals surface area contributed by atoms with E-state index in [1.54, 1.807) is 17.0 Å². The fraction of sp³-hybridized carbons (Fsp3) is 0.371. The Kier molecular flexibility index (Phi) is 17.0. The third-order valence-corrected chi connectivity index (χ3v) is 8.10. The van der Waals surface area contributed by atoms with E-state index in [2.05, 4.69) is 27.5 Å². The minimum atomic E-state index is -0.200. The smallest absolute Gasteiger partial charge is 0.318 e. The molecule has 1 aliphatic rings. The number of benzene rings is 2. The predicted octanol–water partition coefficient (Wildman–Crippen LogP) is 8.30. The number of hydrogen-bond donors (Lipinski definition) is 5. The molecule has 1 aromatic heterocycles. The van der Waals surface area contributed by atoms with Crippen LogP contribution in [0.5, 0.6) is 0 Å². The summed E-state index contributed by atoms with van der Waals surface area (Å²) in [5.41, 5.74) is 12.3. The molecule has 0 aliphatic carbocycles. The lowest BCUT2D eigenvalue weighted by molar-refractivity contribution is -0.116. The number of carbonyl (C=O) groups excluding carboxylic acids is 2. The van der Waals surface area contributed by atoms with Crippen LogP contribution in [0.2, 0.25) is 10.0 Å². The number of nitrogens with one attached hydrogen (secondary N) is 4. The summed E-state index contributed by atoms with van der Waals surface area (Å²) in [6.07, 6.45) is 5.76. The van der Waals surface area contributed by atoms with Gasteiger partial charge in [-0.05, 0) is 93.4 Å². The number of amides is 3. The summed E-state index contributed by atoms with van der Waals surface area (Å²) in [6, 6.07) is 10.9. The van der Waals surface area contributed by atoms with Crippen LogP contribution >= 0.6 is 34.8 Å². The summed E-state index contributed by atoms with van der Waals surface area (Å²) in [5, 5.41) is 11.8. The van der Waals surface area contributed by atoms with Gasteiger partial charge in [0.25, 0.3) is 0 Å². The molecule has 2 aromatic carbocycles. The van der Waals surface area contributed by atoms with E-state index in [0.29, 0.717) is 35.4 Å². The summed E-state index contributed by atoms with van der Waals surface area (Å²) >= 11 is 18.2. The minimum Gasteiger partial charge on any atom is -0.357 e. The first-order valence-electron chi connectivity index (χ1n) is 15.5. The molecule has 4 rings (SSSR count). The molecule has 250 valence electrons. The zero-order chi connectivity index (χ0) is 34.2. The van der Waals surface area contributed by atoms with Gasteiger partial charge in [0.15, 0.2) is 0 Å². The van der Waals surface area contributed by atoms with Crippen molar-refractivity contribution in [3.8, 4) is 0 Å². The van der Waals surface area contributed by atoms with Crippen LogP contribution in [0.1, 0.15) is 57.4 Å². The summed E-state index contributed by atoms with van der Waals surface area (Å²) in [4.78, 5) is 29.7. The highest BCUT2D eigenvalue weighted by molar-refractivity contribution is 6.33. The Morgan fingerprint density at radius 1 is 1.13 bits per heavy atom. The normalized spacial score (nSPS) is 12.8. The number of anilines is 1. The molecule has 8 nitrogen and oxygen atoms in total. The van der Waals surface area contributed by atoms with E-state index in [1.165, 1.54) is 5.56 Å². The third kappa shape index (κ3) is 11.8. The molecule has 6 N–H and O–H groups in total. The van der Waals surface area contributed by atoms with E-state index in [1.807, 2.05) is 71.2 Å². The van der Waals surface area contributed by atoms with Gasteiger partial charge in [0.05, 0.1) is 17.3 Å². The zero-order valence-electron chi connectivity index (χ0n) is 27.5. The number of aromatic amines is 1. The second-order valence-electron chi connectivity index (χ2n) is 10.5. The molecular weight excluding hydrogens is 643 g/mol. The number of rotatable bonds is 10. The second-order valence-corrected chi connectivity index (χ2v) is 11.7. The molecule has 1 aliphatic heterocycles. The monoisotopic (exact) mass is 688 g/mol. The molecule has 11 heteroatoms. The number of fused-ring (bicyclic) bond motifs is 3. The lowest BCUT2D eigenvalue weighted by Crippen LogP contribution is -2.42.